The molecule has 1 N–H and O–H groups in total. The average Bonchev–Trinajstić information content (AvgIpc) is 3.18. The molecule has 12 heteroatoms. The lowest BCUT2D eigenvalue weighted by molar-refractivity contribution is -0.211. The van der Waals surface area contributed by atoms with Crippen LogP contribution in [0.3, 0.4) is 0 Å². The van der Waals surface area contributed by atoms with E-state index in [0.29, 0.717) is 0 Å². The Bertz CT molecular complexity index is 1040. The van der Waals surface area contributed by atoms with E-state index in [4.69, 9.17) is 18.9 Å². The molecule has 4 atom stereocenters. The Labute approximate surface area is 154 Å². The molecule has 11 nitrogen and oxygen atoms in total. The first-order chi connectivity index (χ1) is 13.4. The van der Waals surface area contributed by atoms with Crippen molar-refractivity contribution in [1.29, 1.82) is 0 Å². The Hall–Kier alpha value is -3.54. The molecule has 0 saturated carbocycles. The predicted molar refractivity (Wildman–Crippen MR) is 84.9 cm³/mol. The molecule has 0 aliphatic carbocycles. The van der Waals surface area contributed by atoms with Gasteiger partial charge in [0.15, 0.2) is 18.9 Å². The number of fused-ring (bicyclic) bond motifs is 1. The van der Waals surface area contributed by atoms with E-state index in [1.54, 1.807) is 0 Å². The van der Waals surface area contributed by atoms with E-state index in [0.717, 1.165) is 16.8 Å². The van der Waals surface area contributed by atoms with Gasteiger partial charge in [0.2, 0.25) is 6.10 Å². The van der Waals surface area contributed by atoms with Crippen molar-refractivity contribution in [2.45, 2.75) is 24.3 Å². The molecule has 146 valence electrons. The maximum absolute atomic E-state index is 15.4. The summed E-state index contributed by atoms with van der Waals surface area (Å²) in [5.41, 5.74) is -1.50. The number of rotatable bonds is 4. The number of alkyl halides is 1. The number of hydrogen-bond donors (Lipinski definition) is 1. The normalized spacial score (nSPS) is 28.3. The Morgan fingerprint density at radius 2 is 2.14 bits per heavy atom. The average molecular weight is 393 g/mol. The van der Waals surface area contributed by atoms with Gasteiger partial charge in [0.05, 0.1) is 5.56 Å². The van der Waals surface area contributed by atoms with Gasteiger partial charge in [0.25, 0.3) is 11.4 Å². The van der Waals surface area contributed by atoms with Crippen molar-refractivity contribution in [2.75, 3.05) is 6.61 Å². The second-order valence-electron chi connectivity index (χ2n) is 6.00. The van der Waals surface area contributed by atoms with Gasteiger partial charge in [-0.25, -0.2) is 18.8 Å². The summed E-state index contributed by atoms with van der Waals surface area (Å²) in [6.07, 6.45) is -1.80. The number of nitrogens with one attached hydrogen (secondary N) is 1. The van der Waals surface area contributed by atoms with Crippen LogP contribution in [0.15, 0.2) is 46.4 Å². The van der Waals surface area contributed by atoms with Crippen molar-refractivity contribution in [3.8, 4) is 0 Å². The van der Waals surface area contributed by atoms with Gasteiger partial charge in [0, 0.05) is 24.7 Å². The van der Waals surface area contributed by atoms with Crippen molar-refractivity contribution >= 4 is 12.1 Å². The molecule has 0 spiro atoms. The van der Waals surface area contributed by atoms with Crippen LogP contribution >= 0.6 is 0 Å². The minimum Gasteiger partial charge on any atom is -0.456 e. The number of esters is 1. The molecular formula is C16H12FN3O8. The van der Waals surface area contributed by atoms with Gasteiger partial charge in [-0.15, -0.1) is 0 Å². The molecule has 0 bridgehead atoms. The van der Waals surface area contributed by atoms with Gasteiger partial charge in [-0.3, -0.25) is 19.3 Å². The summed E-state index contributed by atoms with van der Waals surface area (Å²) in [5.74, 6) is -3.66. The second kappa shape index (κ2) is 6.56. The Kier molecular flexibility index (Phi) is 4.19. The third kappa shape index (κ3) is 3.03. The summed E-state index contributed by atoms with van der Waals surface area (Å²) in [4.78, 5) is 52.5. The first-order valence-corrected chi connectivity index (χ1v) is 8.00. The lowest BCUT2D eigenvalue weighted by Gasteiger charge is -2.23. The highest BCUT2D eigenvalue weighted by Gasteiger charge is 2.65. The van der Waals surface area contributed by atoms with Crippen LogP contribution in [0.25, 0.3) is 0 Å². The topological polar surface area (TPSA) is 139 Å². The number of H-pyrrole nitrogens is 1. The van der Waals surface area contributed by atoms with Crippen LogP contribution in [0.1, 0.15) is 16.6 Å². The minimum atomic E-state index is -2.78. The smallest absolute Gasteiger partial charge is 0.456 e. The Morgan fingerprint density at radius 3 is 2.86 bits per heavy atom. The monoisotopic (exact) mass is 393 g/mol. The van der Waals surface area contributed by atoms with Crippen molar-refractivity contribution < 1.29 is 32.9 Å². The van der Waals surface area contributed by atoms with Crippen LogP contribution in [0.4, 0.5) is 9.18 Å². The van der Waals surface area contributed by atoms with Crippen molar-refractivity contribution in [1.82, 2.24) is 14.5 Å². The number of carbonyl (C=O) groups excluding carboxylic acids is 2. The van der Waals surface area contributed by atoms with Gasteiger partial charge in [-0.2, -0.15) is 0 Å². The summed E-state index contributed by atoms with van der Waals surface area (Å²) in [6, 6.07) is 3.92. The van der Waals surface area contributed by atoms with E-state index >= 15 is 4.39 Å². The molecule has 2 aliphatic rings. The fourth-order valence-electron chi connectivity index (χ4n) is 2.94. The van der Waals surface area contributed by atoms with Crippen LogP contribution < -0.4 is 11.2 Å². The lowest BCUT2D eigenvalue weighted by Crippen LogP contribution is -2.42. The number of aromatic amines is 1. The minimum absolute atomic E-state index is 0.0775. The highest BCUT2D eigenvalue weighted by atomic mass is 19.2. The molecule has 2 saturated heterocycles. The van der Waals surface area contributed by atoms with E-state index in [1.165, 1.54) is 24.5 Å². The lowest BCUT2D eigenvalue weighted by atomic mass is 10.1. The molecule has 0 unspecified atom stereocenters. The molecular weight excluding hydrogens is 381 g/mol. The first kappa shape index (κ1) is 17.9. The molecule has 2 fully saturated rings. The van der Waals surface area contributed by atoms with E-state index in [1.807, 2.05) is 4.98 Å². The van der Waals surface area contributed by atoms with Gasteiger partial charge >= 0.3 is 17.8 Å². The molecule has 2 aliphatic heterocycles. The van der Waals surface area contributed by atoms with E-state index in [9.17, 15) is 19.2 Å². The highest BCUT2D eigenvalue weighted by molar-refractivity contribution is 5.88. The molecule has 28 heavy (non-hydrogen) atoms. The van der Waals surface area contributed by atoms with Gasteiger partial charge in [-0.05, 0) is 12.1 Å². The van der Waals surface area contributed by atoms with E-state index in [-0.39, 0.29) is 5.56 Å². The predicted octanol–water partition coefficient (Wildman–Crippen LogP) is -0.113. The molecule has 2 aromatic rings. The largest absolute Gasteiger partial charge is 0.509 e. The zero-order valence-electron chi connectivity index (χ0n) is 13.9. The van der Waals surface area contributed by atoms with Crippen LogP contribution in [-0.2, 0) is 18.9 Å². The molecule has 0 aromatic carbocycles. The quantitative estimate of drug-likeness (QED) is 0.705. The number of aromatic nitrogens is 3. The Morgan fingerprint density at radius 1 is 1.32 bits per heavy atom. The molecule has 0 amide bonds. The summed E-state index contributed by atoms with van der Waals surface area (Å²) in [6.45, 7) is -0.937. The van der Waals surface area contributed by atoms with Crippen molar-refractivity contribution in [2.24, 2.45) is 0 Å². The van der Waals surface area contributed by atoms with Crippen LogP contribution in [0.2, 0.25) is 0 Å². The van der Waals surface area contributed by atoms with Gasteiger partial charge in [0.1, 0.15) is 0 Å². The fraction of sp³-hybridized carbons (Fsp3) is 0.312. The van der Waals surface area contributed by atoms with Crippen LogP contribution in [0.5, 0.6) is 0 Å². The van der Waals surface area contributed by atoms with Crippen LogP contribution in [0, 0.1) is 0 Å². The van der Waals surface area contributed by atoms with Gasteiger partial charge < -0.3 is 18.9 Å². The van der Waals surface area contributed by atoms with E-state index in [2.05, 4.69) is 4.98 Å². The summed E-state index contributed by atoms with van der Waals surface area (Å²) in [7, 11) is 0. The number of carbonyl (C=O) groups is 2. The summed E-state index contributed by atoms with van der Waals surface area (Å²) < 4.78 is 36.1. The van der Waals surface area contributed by atoms with Crippen molar-refractivity contribution in [3.05, 3.63) is 63.2 Å². The fourth-order valence-corrected chi connectivity index (χ4v) is 2.94. The zero-order chi connectivity index (χ0) is 19.9. The highest BCUT2D eigenvalue weighted by Crippen LogP contribution is 2.44. The van der Waals surface area contributed by atoms with Gasteiger partial charge in [-0.1, -0.05) is 0 Å². The number of ether oxygens (including phenoxy) is 4. The standard InChI is InChI=1S/C16H12FN3O8/c17-16(7-25-13(22)8-2-1-4-18-6-8)11-10(26-15(24)27-11)12(28-16)20-5-3-9(21)19-14(20)23/h1-6,10-12H,7H2,(H,19,21,23)/t10-,11+,12-,16-/m1/s1. The molecule has 4 heterocycles. The molecule has 2 aromatic heterocycles. The molecule has 4 rings (SSSR count). The Balaban J connectivity index is 1.58. The zero-order valence-corrected chi connectivity index (χ0v) is 13.9. The number of hydrogen-bond acceptors (Lipinski definition) is 9. The third-order valence-electron chi connectivity index (χ3n) is 4.20. The second-order valence-corrected chi connectivity index (χ2v) is 6.00. The van der Waals surface area contributed by atoms with Crippen LogP contribution in [-0.4, -0.2) is 51.3 Å². The maximum atomic E-state index is 15.4. The number of nitrogens with zero attached hydrogens (tertiary/aromatic N) is 2. The number of halogens is 1. The summed E-state index contributed by atoms with van der Waals surface area (Å²) >= 11 is 0. The van der Waals surface area contributed by atoms with E-state index < -0.39 is 54.3 Å². The van der Waals surface area contributed by atoms with Crippen molar-refractivity contribution in [3.63, 3.8) is 0 Å². The number of pyridine rings is 1. The third-order valence-corrected chi connectivity index (χ3v) is 4.20. The SMILES string of the molecule is O=C1O[C@H]2[C@H](n3ccc(=O)[nH]c3=O)O[C@](F)(COC(=O)c3cccnc3)[C@H]2O1. The maximum Gasteiger partial charge on any atom is 0.509 e. The molecule has 0 radical (unpaired) electrons. The summed E-state index contributed by atoms with van der Waals surface area (Å²) in [5, 5.41) is 0. The first-order valence-electron chi connectivity index (χ1n) is 8.00.